The van der Waals surface area contributed by atoms with Gasteiger partial charge in [0.15, 0.2) is 0 Å². The number of anilines is 1. The Balaban J connectivity index is 0.00000289. The molecule has 2 aromatic rings. The van der Waals surface area contributed by atoms with Gasteiger partial charge in [0, 0.05) is 62.6 Å². The smallest absolute Gasteiger partial charge is 0.369 e. The van der Waals surface area contributed by atoms with Gasteiger partial charge in [0.2, 0.25) is 5.91 Å². The number of likely N-dealkylation sites (N-methyl/N-ethyl adjacent to an activating group) is 1. The first kappa shape index (κ1) is 25.7. The zero-order chi connectivity index (χ0) is 23.9. The number of fused-ring (bicyclic) bond motifs is 1. The van der Waals surface area contributed by atoms with Crippen molar-refractivity contribution in [3.8, 4) is 0 Å². The highest BCUT2D eigenvalue weighted by Crippen LogP contribution is 2.43. The van der Waals surface area contributed by atoms with Gasteiger partial charge < -0.3 is 15.1 Å². The summed E-state index contributed by atoms with van der Waals surface area (Å²) in [7, 11) is 2.09. The Morgan fingerprint density at radius 2 is 1.83 bits per heavy atom. The molecule has 1 aromatic heterocycles. The SMILES string of the molecule is C.CN1CCN(CC(=O)NC2CC(C3CC3)CN(c3ccc(C(F)(F)F)c4ncccc34)C2)CC1. The average Bonchev–Trinajstić information content (AvgIpc) is 3.64. The lowest BCUT2D eigenvalue weighted by molar-refractivity contribution is -0.136. The monoisotopic (exact) mass is 491 g/mol. The van der Waals surface area contributed by atoms with E-state index in [4.69, 9.17) is 0 Å². The number of piperidine rings is 1. The molecule has 3 fully saturated rings. The molecular formula is C26H36F3N5O. The topological polar surface area (TPSA) is 51.7 Å². The van der Waals surface area contributed by atoms with E-state index in [0.29, 0.717) is 30.3 Å². The Morgan fingerprint density at radius 3 is 2.51 bits per heavy atom. The lowest BCUT2D eigenvalue weighted by Gasteiger charge is -2.40. The van der Waals surface area contributed by atoms with Gasteiger partial charge in [0.25, 0.3) is 0 Å². The van der Waals surface area contributed by atoms with Crippen molar-refractivity contribution in [2.45, 2.75) is 38.9 Å². The Morgan fingerprint density at radius 1 is 1.09 bits per heavy atom. The van der Waals surface area contributed by atoms with Crippen LogP contribution in [0.2, 0.25) is 0 Å². The molecule has 9 heteroatoms. The van der Waals surface area contributed by atoms with Gasteiger partial charge in [-0.05, 0) is 62.4 Å². The summed E-state index contributed by atoms with van der Waals surface area (Å²) in [5.74, 6) is 1.10. The summed E-state index contributed by atoms with van der Waals surface area (Å²) in [5, 5.41) is 3.75. The molecule has 2 saturated heterocycles. The van der Waals surface area contributed by atoms with Crippen LogP contribution in [0.25, 0.3) is 10.9 Å². The van der Waals surface area contributed by atoms with Crippen LogP contribution >= 0.6 is 0 Å². The second kappa shape index (κ2) is 10.3. The molecule has 6 nitrogen and oxygen atoms in total. The molecule has 1 aromatic carbocycles. The average molecular weight is 492 g/mol. The van der Waals surface area contributed by atoms with Crippen molar-refractivity contribution >= 4 is 22.5 Å². The van der Waals surface area contributed by atoms with E-state index in [-0.39, 0.29) is 24.9 Å². The fourth-order valence-electron chi connectivity index (χ4n) is 5.49. The molecule has 5 rings (SSSR count). The number of alkyl halides is 3. The molecule has 2 aliphatic heterocycles. The first-order chi connectivity index (χ1) is 16.3. The van der Waals surface area contributed by atoms with Gasteiger partial charge in [-0.15, -0.1) is 0 Å². The summed E-state index contributed by atoms with van der Waals surface area (Å²) in [4.78, 5) is 23.5. The highest BCUT2D eigenvalue weighted by molar-refractivity contribution is 5.94. The van der Waals surface area contributed by atoms with Crippen molar-refractivity contribution in [2.24, 2.45) is 11.8 Å². The van der Waals surface area contributed by atoms with Gasteiger partial charge in [0.05, 0.1) is 17.6 Å². The van der Waals surface area contributed by atoms with Crippen molar-refractivity contribution < 1.29 is 18.0 Å². The van der Waals surface area contributed by atoms with E-state index in [0.717, 1.165) is 50.9 Å². The second-order valence-corrected chi connectivity index (χ2v) is 10.1. The summed E-state index contributed by atoms with van der Waals surface area (Å²) in [6.45, 7) is 5.47. The zero-order valence-electron chi connectivity index (χ0n) is 19.5. The van der Waals surface area contributed by atoms with E-state index in [9.17, 15) is 18.0 Å². The number of hydrogen-bond acceptors (Lipinski definition) is 5. The van der Waals surface area contributed by atoms with Gasteiger partial charge in [0.1, 0.15) is 0 Å². The van der Waals surface area contributed by atoms with Crippen LogP contribution in [-0.2, 0) is 11.0 Å². The van der Waals surface area contributed by atoms with E-state index in [2.05, 4.69) is 32.0 Å². The summed E-state index contributed by atoms with van der Waals surface area (Å²) in [6, 6.07) is 6.10. The predicted molar refractivity (Wildman–Crippen MR) is 132 cm³/mol. The first-order valence-electron chi connectivity index (χ1n) is 12.2. The van der Waals surface area contributed by atoms with Crippen LogP contribution < -0.4 is 10.2 Å². The van der Waals surface area contributed by atoms with Crippen LogP contribution in [-0.4, -0.2) is 79.6 Å². The number of rotatable bonds is 5. The van der Waals surface area contributed by atoms with Gasteiger partial charge in [-0.3, -0.25) is 14.7 Å². The quantitative estimate of drug-likeness (QED) is 0.689. The van der Waals surface area contributed by atoms with Crippen LogP contribution in [0.15, 0.2) is 30.5 Å². The third kappa shape index (κ3) is 5.89. The summed E-state index contributed by atoms with van der Waals surface area (Å²) in [5.41, 5.74) is 0.0381. The van der Waals surface area contributed by atoms with Crippen molar-refractivity contribution in [2.75, 3.05) is 57.8 Å². The number of halogens is 3. The lowest BCUT2D eigenvalue weighted by Crippen LogP contribution is -2.54. The Kier molecular flexibility index (Phi) is 7.57. The van der Waals surface area contributed by atoms with Crippen molar-refractivity contribution in [3.63, 3.8) is 0 Å². The van der Waals surface area contributed by atoms with Crippen molar-refractivity contribution in [3.05, 3.63) is 36.0 Å². The summed E-state index contributed by atoms with van der Waals surface area (Å²) >= 11 is 0. The highest BCUT2D eigenvalue weighted by atomic mass is 19.4. The molecule has 0 bridgehead atoms. The van der Waals surface area contributed by atoms with E-state index >= 15 is 0 Å². The van der Waals surface area contributed by atoms with Crippen LogP contribution in [0, 0.1) is 11.8 Å². The molecule has 1 amide bonds. The molecule has 192 valence electrons. The van der Waals surface area contributed by atoms with Crippen LogP contribution in [0.5, 0.6) is 0 Å². The summed E-state index contributed by atoms with van der Waals surface area (Å²) in [6.07, 6.45) is 0.257. The van der Waals surface area contributed by atoms with Crippen LogP contribution in [0.3, 0.4) is 0 Å². The number of nitrogens with zero attached hydrogens (tertiary/aromatic N) is 4. The Hall–Kier alpha value is -2.39. The molecule has 2 atom stereocenters. The van der Waals surface area contributed by atoms with Gasteiger partial charge in [-0.25, -0.2) is 0 Å². The molecule has 35 heavy (non-hydrogen) atoms. The molecule has 2 unspecified atom stereocenters. The van der Waals surface area contributed by atoms with Gasteiger partial charge >= 0.3 is 6.18 Å². The molecule has 3 heterocycles. The maximum absolute atomic E-state index is 13.6. The fraction of sp³-hybridized carbons (Fsp3) is 0.615. The largest absolute Gasteiger partial charge is 0.418 e. The molecule has 1 aliphatic carbocycles. The van der Waals surface area contributed by atoms with Gasteiger partial charge in [-0.2, -0.15) is 13.2 Å². The van der Waals surface area contributed by atoms with E-state index in [1.165, 1.54) is 19.0 Å². The van der Waals surface area contributed by atoms with E-state index in [1.54, 1.807) is 18.2 Å². The Labute approximate surface area is 205 Å². The molecule has 1 saturated carbocycles. The molecule has 1 N–H and O–H groups in total. The number of hydrogen-bond donors (Lipinski definition) is 1. The molecule has 0 radical (unpaired) electrons. The van der Waals surface area contributed by atoms with Crippen molar-refractivity contribution in [1.82, 2.24) is 20.1 Å². The minimum atomic E-state index is -4.46. The normalized spacial score (nSPS) is 24.3. The number of carbonyl (C=O) groups is 1. The highest BCUT2D eigenvalue weighted by Gasteiger charge is 2.39. The predicted octanol–water partition coefficient (Wildman–Crippen LogP) is 3.86. The number of piperazine rings is 1. The first-order valence-corrected chi connectivity index (χ1v) is 12.2. The van der Waals surface area contributed by atoms with E-state index in [1.807, 2.05) is 0 Å². The number of carbonyl (C=O) groups excluding carboxylic acids is 1. The lowest BCUT2D eigenvalue weighted by atomic mass is 9.89. The van der Waals surface area contributed by atoms with E-state index < -0.39 is 11.7 Å². The van der Waals surface area contributed by atoms with Gasteiger partial charge in [-0.1, -0.05) is 7.43 Å². The molecule has 3 aliphatic rings. The van der Waals surface area contributed by atoms with Crippen molar-refractivity contribution in [1.29, 1.82) is 0 Å². The third-order valence-corrected chi connectivity index (χ3v) is 7.49. The third-order valence-electron chi connectivity index (χ3n) is 7.49. The molecular weight excluding hydrogens is 455 g/mol. The number of pyridine rings is 1. The fourth-order valence-corrected chi connectivity index (χ4v) is 5.49. The zero-order valence-corrected chi connectivity index (χ0v) is 19.5. The van der Waals surface area contributed by atoms with Crippen LogP contribution in [0.1, 0.15) is 32.3 Å². The number of aromatic nitrogens is 1. The minimum Gasteiger partial charge on any atom is -0.369 e. The summed E-state index contributed by atoms with van der Waals surface area (Å²) < 4.78 is 40.7. The maximum atomic E-state index is 13.6. The number of nitrogens with one attached hydrogen (secondary N) is 1. The number of benzene rings is 1. The minimum absolute atomic E-state index is 0. The second-order valence-electron chi connectivity index (χ2n) is 10.1. The Bertz CT molecular complexity index is 1030. The molecule has 0 spiro atoms. The van der Waals surface area contributed by atoms with Crippen LogP contribution in [0.4, 0.5) is 18.9 Å². The standard InChI is InChI=1S/C25H32F3N5O.CH4/c1-31-9-11-32(12-10-31)16-23(34)30-19-13-18(17-4-5-17)14-33(15-19)22-7-6-21(25(26,27)28)24-20(22)3-2-8-29-24;/h2-3,6-8,17-19H,4-5,9-16H2,1H3,(H,30,34);1H4. The maximum Gasteiger partial charge on any atom is 0.418 e. The number of amides is 1.